The summed E-state index contributed by atoms with van der Waals surface area (Å²) >= 11 is 8.54. The van der Waals surface area contributed by atoms with E-state index in [-0.39, 0.29) is 10.9 Å². The quantitative estimate of drug-likeness (QED) is 0.488. The Hall–Kier alpha value is 0.660. The summed E-state index contributed by atoms with van der Waals surface area (Å²) in [6.45, 7) is 4.25. The van der Waals surface area contributed by atoms with Gasteiger partial charge in [-0.05, 0) is 12.8 Å². The fraction of sp³-hybridized carbons (Fsp3) is 1.00. The zero-order valence-electron chi connectivity index (χ0n) is 7.29. The highest BCUT2D eigenvalue weighted by Crippen LogP contribution is 2.14. The predicted molar refractivity (Wildman–Crippen MR) is 56.4 cm³/mol. The van der Waals surface area contributed by atoms with Gasteiger partial charge in [0, 0.05) is 0 Å². The first-order chi connectivity index (χ1) is 5.20. The Labute approximate surface area is 80.7 Å². The van der Waals surface area contributed by atoms with E-state index in [0.717, 1.165) is 25.7 Å². The number of hydrogen-bond donors (Lipinski definition) is 2. The van der Waals surface area contributed by atoms with E-state index in [0.29, 0.717) is 0 Å². The Bertz CT molecular complexity index is 78.2. The number of ether oxygens (including phenoxy) is 1. The minimum absolute atomic E-state index is 0.0639. The molecule has 11 heavy (non-hydrogen) atoms. The molecular weight excluding hydrogens is 176 g/mol. The van der Waals surface area contributed by atoms with Crippen molar-refractivity contribution in [1.82, 2.24) is 0 Å². The highest BCUT2D eigenvalue weighted by molar-refractivity contribution is 7.81. The smallest absolute Gasteiger partial charge is 0.101 e. The Balaban J connectivity index is 3.32. The van der Waals surface area contributed by atoms with Gasteiger partial charge in [-0.15, -0.1) is 25.3 Å². The molecule has 0 aliphatic carbocycles. The SMILES string of the molecule is CCCC(S)OC(S)CCC. The lowest BCUT2D eigenvalue weighted by molar-refractivity contribution is 0.0834. The average molecular weight is 194 g/mol. The Morgan fingerprint density at radius 3 is 1.64 bits per heavy atom. The van der Waals surface area contributed by atoms with Crippen molar-refractivity contribution in [3.8, 4) is 0 Å². The van der Waals surface area contributed by atoms with E-state index in [9.17, 15) is 0 Å². The molecule has 68 valence electrons. The van der Waals surface area contributed by atoms with Gasteiger partial charge in [0.2, 0.25) is 0 Å². The van der Waals surface area contributed by atoms with E-state index in [1.54, 1.807) is 0 Å². The van der Waals surface area contributed by atoms with Crippen LogP contribution < -0.4 is 0 Å². The molecule has 2 unspecified atom stereocenters. The number of hydrogen-bond acceptors (Lipinski definition) is 3. The van der Waals surface area contributed by atoms with Crippen LogP contribution in [-0.4, -0.2) is 10.9 Å². The first-order valence-corrected chi connectivity index (χ1v) is 5.25. The molecule has 0 radical (unpaired) electrons. The predicted octanol–water partition coefficient (Wildman–Crippen LogP) is 3.12. The molecule has 0 aromatic heterocycles. The minimum atomic E-state index is 0.0639. The molecule has 0 amide bonds. The van der Waals surface area contributed by atoms with Crippen LogP contribution in [0.25, 0.3) is 0 Å². The summed E-state index contributed by atoms with van der Waals surface area (Å²) in [7, 11) is 0. The monoisotopic (exact) mass is 194 g/mol. The summed E-state index contributed by atoms with van der Waals surface area (Å²) in [6, 6.07) is 0. The van der Waals surface area contributed by atoms with Gasteiger partial charge in [-0.2, -0.15) is 0 Å². The lowest BCUT2D eigenvalue weighted by atomic mass is 10.3. The van der Waals surface area contributed by atoms with E-state index in [1.165, 1.54) is 0 Å². The first-order valence-electron chi connectivity index (χ1n) is 4.22. The summed E-state index contributed by atoms with van der Waals surface area (Å²) in [5.41, 5.74) is 0.128. The summed E-state index contributed by atoms with van der Waals surface area (Å²) < 4.78 is 5.46. The molecule has 0 rings (SSSR count). The van der Waals surface area contributed by atoms with Gasteiger partial charge in [0.25, 0.3) is 0 Å². The molecule has 0 spiro atoms. The first kappa shape index (κ1) is 11.7. The van der Waals surface area contributed by atoms with Crippen molar-refractivity contribution in [2.24, 2.45) is 0 Å². The molecule has 0 heterocycles. The second kappa shape index (κ2) is 7.32. The van der Waals surface area contributed by atoms with E-state index in [2.05, 4.69) is 39.1 Å². The van der Waals surface area contributed by atoms with Crippen LogP contribution >= 0.6 is 25.3 Å². The van der Waals surface area contributed by atoms with Gasteiger partial charge >= 0.3 is 0 Å². The van der Waals surface area contributed by atoms with Crippen LogP contribution in [0.2, 0.25) is 0 Å². The maximum Gasteiger partial charge on any atom is 0.101 e. The van der Waals surface area contributed by atoms with Crippen LogP contribution in [0.1, 0.15) is 39.5 Å². The molecule has 0 saturated heterocycles. The molecule has 0 aromatic rings. The summed E-state index contributed by atoms with van der Waals surface area (Å²) in [5.74, 6) is 0. The third-order valence-corrected chi connectivity index (χ3v) is 2.15. The Morgan fingerprint density at radius 1 is 1.00 bits per heavy atom. The van der Waals surface area contributed by atoms with Gasteiger partial charge in [-0.1, -0.05) is 26.7 Å². The lowest BCUT2D eigenvalue weighted by Crippen LogP contribution is -2.12. The third-order valence-electron chi connectivity index (χ3n) is 1.39. The maximum atomic E-state index is 5.46. The van der Waals surface area contributed by atoms with Crippen LogP contribution in [0, 0.1) is 0 Å². The molecule has 0 N–H and O–H groups in total. The molecule has 0 aliphatic heterocycles. The normalized spacial score (nSPS) is 16.4. The van der Waals surface area contributed by atoms with Crippen LogP contribution in [0.3, 0.4) is 0 Å². The Morgan fingerprint density at radius 2 is 1.36 bits per heavy atom. The van der Waals surface area contributed by atoms with Crippen LogP contribution in [0.15, 0.2) is 0 Å². The Kier molecular flexibility index (Phi) is 7.76. The molecule has 0 saturated carbocycles. The van der Waals surface area contributed by atoms with Crippen molar-refractivity contribution in [3.63, 3.8) is 0 Å². The van der Waals surface area contributed by atoms with E-state index in [1.807, 2.05) is 0 Å². The van der Waals surface area contributed by atoms with Gasteiger partial charge < -0.3 is 4.74 Å². The standard InChI is InChI=1S/C8H18OS2/c1-3-5-7(10)9-8(11)6-4-2/h7-8,10-11H,3-6H2,1-2H3. The molecule has 0 aliphatic rings. The topological polar surface area (TPSA) is 9.23 Å². The molecule has 0 bridgehead atoms. The second-order valence-corrected chi connectivity index (χ2v) is 3.77. The molecule has 1 nitrogen and oxygen atoms in total. The van der Waals surface area contributed by atoms with Gasteiger partial charge in [0.1, 0.15) is 10.9 Å². The van der Waals surface area contributed by atoms with E-state index >= 15 is 0 Å². The fourth-order valence-electron chi connectivity index (χ4n) is 0.811. The average Bonchev–Trinajstić information content (AvgIpc) is 1.87. The number of thiol groups is 2. The molecule has 0 fully saturated rings. The molecule has 0 aromatic carbocycles. The van der Waals surface area contributed by atoms with Crippen molar-refractivity contribution >= 4 is 25.3 Å². The van der Waals surface area contributed by atoms with Crippen LogP contribution in [-0.2, 0) is 4.74 Å². The zero-order valence-corrected chi connectivity index (χ0v) is 9.07. The van der Waals surface area contributed by atoms with Crippen LogP contribution in [0.4, 0.5) is 0 Å². The van der Waals surface area contributed by atoms with Gasteiger partial charge in [0.05, 0.1) is 0 Å². The van der Waals surface area contributed by atoms with Gasteiger partial charge in [-0.3, -0.25) is 0 Å². The summed E-state index contributed by atoms with van der Waals surface area (Å²) in [5, 5.41) is 0. The van der Waals surface area contributed by atoms with Crippen molar-refractivity contribution in [2.45, 2.75) is 50.4 Å². The molecule has 2 atom stereocenters. The van der Waals surface area contributed by atoms with Crippen molar-refractivity contribution in [3.05, 3.63) is 0 Å². The van der Waals surface area contributed by atoms with Gasteiger partial charge in [-0.25, -0.2) is 0 Å². The minimum Gasteiger partial charge on any atom is -0.354 e. The van der Waals surface area contributed by atoms with Crippen LogP contribution in [0.5, 0.6) is 0 Å². The van der Waals surface area contributed by atoms with E-state index in [4.69, 9.17) is 4.74 Å². The molecular formula is C8H18OS2. The van der Waals surface area contributed by atoms with E-state index < -0.39 is 0 Å². The van der Waals surface area contributed by atoms with Gasteiger partial charge in [0.15, 0.2) is 0 Å². The lowest BCUT2D eigenvalue weighted by Gasteiger charge is -2.16. The molecule has 3 heteroatoms. The highest BCUT2D eigenvalue weighted by Gasteiger charge is 2.07. The third kappa shape index (κ3) is 7.04. The van der Waals surface area contributed by atoms with Crippen molar-refractivity contribution < 1.29 is 4.74 Å². The second-order valence-electron chi connectivity index (χ2n) is 2.62. The fourth-order valence-corrected chi connectivity index (χ4v) is 1.72. The summed E-state index contributed by atoms with van der Waals surface area (Å²) in [4.78, 5) is 0. The van der Waals surface area contributed by atoms with Crippen molar-refractivity contribution in [2.75, 3.05) is 0 Å². The van der Waals surface area contributed by atoms with Crippen molar-refractivity contribution in [1.29, 1.82) is 0 Å². The summed E-state index contributed by atoms with van der Waals surface area (Å²) in [6.07, 6.45) is 4.23. The largest absolute Gasteiger partial charge is 0.354 e. The highest BCUT2D eigenvalue weighted by atomic mass is 32.1. The number of rotatable bonds is 6. The maximum absolute atomic E-state index is 5.46. The zero-order chi connectivity index (χ0) is 8.69.